The number of hydrogen-bond acceptors (Lipinski definition) is 3. The molecule has 3 nitrogen and oxygen atoms in total. The van der Waals surface area contributed by atoms with Crippen molar-refractivity contribution in [2.45, 2.75) is 0 Å². The van der Waals surface area contributed by atoms with Crippen molar-refractivity contribution in [1.29, 1.82) is 10.5 Å². The van der Waals surface area contributed by atoms with E-state index in [0.29, 0.717) is 16.9 Å². The van der Waals surface area contributed by atoms with E-state index in [1.54, 1.807) is 12.1 Å². The maximum absolute atomic E-state index is 8.60. The lowest BCUT2D eigenvalue weighted by molar-refractivity contribution is 0.471. The summed E-state index contributed by atoms with van der Waals surface area (Å²) in [5, 5.41) is 17.1. The Morgan fingerprint density at radius 3 is 2.50 bits per heavy atom. The Balaban J connectivity index is 3.24. The lowest BCUT2D eigenvalue weighted by Crippen LogP contribution is -1.86. The molecule has 12 heavy (non-hydrogen) atoms. The molecule has 3 heteroatoms. The predicted molar refractivity (Wildman–Crippen MR) is 41.9 cm³/mol. The minimum atomic E-state index is 0.323. The van der Waals surface area contributed by atoms with E-state index in [4.69, 9.17) is 10.5 Å². The normalized spacial score (nSPS) is 8.25. The van der Waals surface area contributed by atoms with Gasteiger partial charge >= 0.3 is 0 Å². The summed E-state index contributed by atoms with van der Waals surface area (Å²) in [6, 6.07) is 8.41. The third kappa shape index (κ3) is 1.36. The van der Waals surface area contributed by atoms with E-state index in [2.05, 4.69) is 11.8 Å². The van der Waals surface area contributed by atoms with Crippen LogP contribution in [0, 0.1) is 29.8 Å². The van der Waals surface area contributed by atoms with Gasteiger partial charge < -0.3 is 4.74 Å². The van der Waals surface area contributed by atoms with Crippen LogP contribution in [0.25, 0.3) is 0 Å². The smallest absolute Gasteiger partial charge is 0.137 e. The summed E-state index contributed by atoms with van der Waals surface area (Å²) < 4.78 is 4.65. The van der Waals surface area contributed by atoms with Gasteiger partial charge in [-0.2, -0.15) is 10.5 Å². The average Bonchev–Trinajstić information content (AvgIpc) is 2.16. The topological polar surface area (TPSA) is 56.8 Å². The second-order valence-corrected chi connectivity index (χ2v) is 2.08. The molecule has 0 amide bonds. The zero-order valence-corrected chi connectivity index (χ0v) is 6.24. The van der Waals surface area contributed by atoms with E-state index in [1.165, 1.54) is 6.07 Å². The van der Waals surface area contributed by atoms with E-state index >= 15 is 0 Å². The van der Waals surface area contributed by atoms with Crippen LogP contribution in [0.5, 0.6) is 5.75 Å². The standard InChI is InChI=1S/C9H5N2O/c1-12-9-3-2-7(5-10)4-8(9)6-11/h2-4H,1H2. The number of nitriles is 2. The second kappa shape index (κ2) is 3.41. The molecule has 0 saturated carbocycles. The quantitative estimate of drug-likeness (QED) is 0.622. The van der Waals surface area contributed by atoms with Crippen LogP contribution in [0.2, 0.25) is 0 Å². The van der Waals surface area contributed by atoms with Crippen molar-refractivity contribution >= 4 is 0 Å². The molecule has 0 unspecified atom stereocenters. The van der Waals surface area contributed by atoms with Crippen LogP contribution in [-0.4, -0.2) is 0 Å². The summed E-state index contributed by atoms with van der Waals surface area (Å²) in [6.45, 7) is 0. The summed E-state index contributed by atoms with van der Waals surface area (Å²) in [6.07, 6.45) is 0. The van der Waals surface area contributed by atoms with Gasteiger partial charge in [0.2, 0.25) is 0 Å². The first kappa shape index (κ1) is 8.10. The Labute approximate surface area is 70.4 Å². The van der Waals surface area contributed by atoms with Crippen molar-refractivity contribution in [2.24, 2.45) is 0 Å². The zero-order valence-electron chi connectivity index (χ0n) is 6.24. The molecule has 0 spiro atoms. The van der Waals surface area contributed by atoms with Crippen molar-refractivity contribution in [3.05, 3.63) is 36.4 Å². The summed E-state index contributed by atoms with van der Waals surface area (Å²) in [5.41, 5.74) is 0.761. The summed E-state index contributed by atoms with van der Waals surface area (Å²) in [7, 11) is 3.19. The predicted octanol–water partition coefficient (Wildman–Crippen LogP) is 1.60. The lowest BCUT2D eigenvalue weighted by Gasteiger charge is -2.00. The van der Waals surface area contributed by atoms with Crippen molar-refractivity contribution in [1.82, 2.24) is 0 Å². The molecule has 0 atom stereocenters. The highest BCUT2D eigenvalue weighted by Gasteiger charge is 2.01. The average molecular weight is 157 g/mol. The molecular weight excluding hydrogens is 152 g/mol. The maximum atomic E-state index is 8.60. The Kier molecular flexibility index (Phi) is 2.30. The Morgan fingerprint density at radius 1 is 1.25 bits per heavy atom. The monoisotopic (exact) mass is 157 g/mol. The van der Waals surface area contributed by atoms with Crippen molar-refractivity contribution in [3.63, 3.8) is 0 Å². The van der Waals surface area contributed by atoms with E-state index in [0.717, 1.165) is 0 Å². The maximum Gasteiger partial charge on any atom is 0.137 e. The fraction of sp³-hybridized carbons (Fsp3) is 0. The van der Waals surface area contributed by atoms with E-state index in [-0.39, 0.29) is 0 Å². The van der Waals surface area contributed by atoms with Gasteiger partial charge in [-0.15, -0.1) is 0 Å². The van der Waals surface area contributed by atoms with E-state index in [9.17, 15) is 0 Å². The highest BCUT2D eigenvalue weighted by atomic mass is 16.5. The van der Waals surface area contributed by atoms with Gasteiger partial charge in [-0.3, -0.25) is 0 Å². The molecule has 0 heterocycles. The molecule has 0 N–H and O–H groups in total. The van der Waals surface area contributed by atoms with Gasteiger partial charge in [-0.05, 0) is 18.2 Å². The van der Waals surface area contributed by atoms with Gasteiger partial charge in [0.25, 0.3) is 0 Å². The van der Waals surface area contributed by atoms with Gasteiger partial charge in [0.15, 0.2) is 0 Å². The van der Waals surface area contributed by atoms with Crippen LogP contribution in [0.15, 0.2) is 18.2 Å². The molecule has 0 aliphatic rings. The Morgan fingerprint density at radius 2 is 2.00 bits per heavy atom. The summed E-state index contributed by atoms with van der Waals surface area (Å²) >= 11 is 0. The molecule has 1 aromatic carbocycles. The van der Waals surface area contributed by atoms with E-state index < -0.39 is 0 Å². The van der Waals surface area contributed by atoms with Crippen LogP contribution in [0.1, 0.15) is 11.1 Å². The Hall–Kier alpha value is -2.00. The third-order valence-corrected chi connectivity index (χ3v) is 1.38. The largest absolute Gasteiger partial charge is 0.489 e. The molecule has 1 rings (SSSR count). The zero-order chi connectivity index (χ0) is 8.97. The van der Waals surface area contributed by atoms with Crippen molar-refractivity contribution in [3.8, 4) is 17.9 Å². The highest BCUT2D eigenvalue weighted by molar-refractivity contribution is 5.48. The van der Waals surface area contributed by atoms with Crippen LogP contribution in [0.4, 0.5) is 0 Å². The van der Waals surface area contributed by atoms with Crippen molar-refractivity contribution in [2.75, 3.05) is 0 Å². The van der Waals surface area contributed by atoms with Gasteiger partial charge in [0.05, 0.1) is 17.2 Å². The minimum absolute atomic E-state index is 0.323. The highest BCUT2D eigenvalue weighted by Crippen LogP contribution is 2.18. The summed E-state index contributed by atoms with van der Waals surface area (Å²) in [5.74, 6) is 0.386. The SMILES string of the molecule is [CH2]Oc1ccc(C#N)cc1C#N. The third-order valence-electron chi connectivity index (χ3n) is 1.38. The fourth-order valence-electron chi connectivity index (χ4n) is 0.813. The molecule has 57 valence electrons. The number of nitrogens with zero attached hydrogens (tertiary/aromatic N) is 2. The molecule has 1 aromatic rings. The number of rotatable bonds is 1. The Bertz CT molecular complexity index is 371. The number of hydrogen-bond donors (Lipinski definition) is 0. The molecular formula is C9H5N2O. The van der Waals surface area contributed by atoms with Crippen LogP contribution < -0.4 is 4.74 Å². The molecule has 0 aromatic heterocycles. The second-order valence-electron chi connectivity index (χ2n) is 2.08. The van der Waals surface area contributed by atoms with Gasteiger partial charge in [0.1, 0.15) is 18.9 Å². The van der Waals surface area contributed by atoms with E-state index in [1.807, 2.05) is 12.1 Å². The summed E-state index contributed by atoms with van der Waals surface area (Å²) in [4.78, 5) is 0. The molecule has 0 aliphatic heterocycles. The fourth-order valence-corrected chi connectivity index (χ4v) is 0.813. The first-order valence-corrected chi connectivity index (χ1v) is 3.18. The first-order chi connectivity index (χ1) is 5.81. The molecule has 0 aliphatic carbocycles. The molecule has 0 saturated heterocycles. The lowest BCUT2D eigenvalue weighted by atomic mass is 10.1. The van der Waals surface area contributed by atoms with Gasteiger partial charge in [0, 0.05) is 0 Å². The van der Waals surface area contributed by atoms with Crippen LogP contribution in [0.3, 0.4) is 0 Å². The number of benzene rings is 1. The molecule has 1 radical (unpaired) electrons. The van der Waals surface area contributed by atoms with Gasteiger partial charge in [-0.25, -0.2) is 0 Å². The van der Waals surface area contributed by atoms with Crippen LogP contribution >= 0.6 is 0 Å². The minimum Gasteiger partial charge on any atom is -0.489 e. The number of ether oxygens (including phenoxy) is 1. The molecule has 0 fully saturated rings. The van der Waals surface area contributed by atoms with Crippen molar-refractivity contribution < 1.29 is 4.74 Å². The molecule has 0 bridgehead atoms. The van der Waals surface area contributed by atoms with Gasteiger partial charge in [-0.1, -0.05) is 0 Å². The first-order valence-electron chi connectivity index (χ1n) is 3.18. The van der Waals surface area contributed by atoms with Crippen LogP contribution in [-0.2, 0) is 0 Å².